The van der Waals surface area contributed by atoms with Crippen molar-refractivity contribution in [2.45, 2.75) is 0 Å². The molecule has 3 aromatic rings. The van der Waals surface area contributed by atoms with Crippen molar-refractivity contribution < 1.29 is 14.3 Å². The normalized spacial score (nSPS) is 12.8. The number of hydrogen-bond donors (Lipinski definition) is 1. The minimum Gasteiger partial charge on any atom is -0.486 e. The number of anilines is 1. The monoisotopic (exact) mass is 336 g/mol. The van der Waals surface area contributed by atoms with Gasteiger partial charge in [0, 0.05) is 35.3 Å². The molecule has 126 valence electrons. The number of ether oxygens (including phenoxy) is 2. The third-order valence-electron chi connectivity index (χ3n) is 4.17. The predicted molar refractivity (Wildman–Crippen MR) is 94.6 cm³/mol. The number of rotatable bonds is 2. The van der Waals surface area contributed by atoms with Gasteiger partial charge in [0.1, 0.15) is 13.2 Å². The highest BCUT2D eigenvalue weighted by molar-refractivity contribution is 6.09. The molecule has 0 spiro atoms. The zero-order valence-electron chi connectivity index (χ0n) is 13.6. The number of hydrogen-bond acceptors (Lipinski definition) is 4. The highest BCUT2D eigenvalue weighted by Gasteiger charge is 2.16. The molecule has 0 unspecified atom stereocenters. The Morgan fingerprint density at radius 1 is 1.04 bits per heavy atom. The lowest BCUT2D eigenvalue weighted by molar-refractivity contribution is 0.102. The Balaban J connectivity index is 1.68. The first-order valence-corrected chi connectivity index (χ1v) is 7.93. The number of nitrogens with zero attached hydrogens (tertiary/aromatic N) is 1. The number of aryl methyl sites for hydroxylation is 1. The van der Waals surface area contributed by atoms with Gasteiger partial charge in [0.25, 0.3) is 11.5 Å². The SMILES string of the molecule is Cn1ccc2c(NC(=O)c3ccc4c(c3)OCCO4)cccc2c1=O. The summed E-state index contributed by atoms with van der Waals surface area (Å²) in [7, 11) is 1.70. The van der Waals surface area contributed by atoms with Crippen LogP contribution in [0.2, 0.25) is 0 Å². The second-order valence-corrected chi connectivity index (χ2v) is 5.81. The van der Waals surface area contributed by atoms with Crippen LogP contribution < -0.4 is 20.3 Å². The topological polar surface area (TPSA) is 69.6 Å². The van der Waals surface area contributed by atoms with Crippen LogP contribution in [0.5, 0.6) is 11.5 Å². The molecule has 0 saturated carbocycles. The fourth-order valence-corrected chi connectivity index (χ4v) is 2.86. The molecule has 1 amide bonds. The average molecular weight is 336 g/mol. The number of amides is 1. The first-order chi connectivity index (χ1) is 12.1. The average Bonchev–Trinajstić information content (AvgIpc) is 2.64. The third kappa shape index (κ3) is 2.71. The standard InChI is InChI=1S/C19H16N2O4/c1-21-8-7-13-14(19(21)23)3-2-4-15(13)20-18(22)12-5-6-16-17(11-12)25-10-9-24-16/h2-8,11H,9-10H2,1H3,(H,20,22). The summed E-state index contributed by atoms with van der Waals surface area (Å²) in [5.74, 6) is 0.923. The van der Waals surface area contributed by atoms with Gasteiger partial charge in [-0.25, -0.2) is 0 Å². The lowest BCUT2D eigenvalue weighted by Crippen LogP contribution is -2.18. The van der Waals surface area contributed by atoms with Gasteiger partial charge in [-0.05, 0) is 36.4 Å². The van der Waals surface area contributed by atoms with E-state index in [4.69, 9.17) is 9.47 Å². The molecule has 2 aromatic carbocycles. The molecule has 2 heterocycles. The minimum atomic E-state index is -0.273. The number of carbonyl (C=O) groups is 1. The molecule has 25 heavy (non-hydrogen) atoms. The second-order valence-electron chi connectivity index (χ2n) is 5.81. The van der Waals surface area contributed by atoms with Gasteiger partial charge in [0.05, 0.1) is 0 Å². The quantitative estimate of drug-likeness (QED) is 0.781. The van der Waals surface area contributed by atoms with Crippen molar-refractivity contribution >= 4 is 22.4 Å². The van der Waals surface area contributed by atoms with Crippen molar-refractivity contribution in [1.29, 1.82) is 0 Å². The molecule has 6 nitrogen and oxygen atoms in total. The van der Waals surface area contributed by atoms with Crippen molar-refractivity contribution in [2.24, 2.45) is 7.05 Å². The van der Waals surface area contributed by atoms with Crippen LogP contribution in [-0.2, 0) is 7.05 Å². The van der Waals surface area contributed by atoms with Crippen LogP contribution in [-0.4, -0.2) is 23.7 Å². The summed E-state index contributed by atoms with van der Waals surface area (Å²) in [6.07, 6.45) is 1.68. The molecular formula is C19H16N2O4. The molecule has 1 aliphatic heterocycles. The number of aromatic nitrogens is 1. The summed E-state index contributed by atoms with van der Waals surface area (Å²) >= 11 is 0. The Labute approximate surface area is 143 Å². The summed E-state index contributed by atoms with van der Waals surface area (Å²) in [5, 5.41) is 4.14. The highest BCUT2D eigenvalue weighted by Crippen LogP contribution is 2.31. The fourth-order valence-electron chi connectivity index (χ4n) is 2.86. The van der Waals surface area contributed by atoms with Crippen molar-refractivity contribution in [3.63, 3.8) is 0 Å². The first kappa shape index (κ1) is 15.3. The molecule has 0 aliphatic carbocycles. The second kappa shape index (κ2) is 5.98. The van der Waals surface area contributed by atoms with Gasteiger partial charge < -0.3 is 19.4 Å². The summed E-state index contributed by atoms with van der Waals surface area (Å²) < 4.78 is 12.5. The summed E-state index contributed by atoms with van der Waals surface area (Å²) in [6, 6.07) is 12.2. The first-order valence-electron chi connectivity index (χ1n) is 7.93. The van der Waals surface area contributed by atoms with E-state index in [2.05, 4.69) is 5.32 Å². The van der Waals surface area contributed by atoms with E-state index in [-0.39, 0.29) is 11.5 Å². The molecule has 1 N–H and O–H groups in total. The van der Waals surface area contributed by atoms with E-state index in [1.165, 1.54) is 4.57 Å². The van der Waals surface area contributed by atoms with Crippen LogP contribution in [0.3, 0.4) is 0 Å². The summed E-state index contributed by atoms with van der Waals surface area (Å²) in [6.45, 7) is 0.966. The van der Waals surface area contributed by atoms with Crippen LogP contribution >= 0.6 is 0 Å². The van der Waals surface area contributed by atoms with E-state index in [0.29, 0.717) is 46.7 Å². The van der Waals surface area contributed by atoms with Gasteiger partial charge in [0.15, 0.2) is 11.5 Å². The molecule has 4 rings (SSSR count). The fraction of sp³-hybridized carbons (Fsp3) is 0.158. The van der Waals surface area contributed by atoms with Gasteiger partial charge in [-0.1, -0.05) is 6.07 Å². The lowest BCUT2D eigenvalue weighted by Gasteiger charge is -2.18. The van der Waals surface area contributed by atoms with Crippen molar-refractivity contribution in [2.75, 3.05) is 18.5 Å². The Bertz CT molecular complexity index is 1040. The third-order valence-corrected chi connectivity index (χ3v) is 4.17. The molecule has 6 heteroatoms. The van der Waals surface area contributed by atoms with E-state index in [1.807, 2.05) is 6.07 Å². The lowest BCUT2D eigenvalue weighted by atomic mass is 10.1. The van der Waals surface area contributed by atoms with E-state index in [1.54, 1.807) is 49.6 Å². The molecule has 0 fully saturated rings. The van der Waals surface area contributed by atoms with E-state index >= 15 is 0 Å². The highest BCUT2D eigenvalue weighted by atomic mass is 16.6. The van der Waals surface area contributed by atoms with Gasteiger partial charge in [-0.3, -0.25) is 9.59 Å². The number of pyridine rings is 1. The molecule has 0 bridgehead atoms. The van der Waals surface area contributed by atoms with Crippen LogP contribution in [0.15, 0.2) is 53.5 Å². The molecule has 0 radical (unpaired) electrons. The van der Waals surface area contributed by atoms with E-state index in [0.717, 1.165) is 0 Å². The minimum absolute atomic E-state index is 0.104. The Morgan fingerprint density at radius 3 is 2.68 bits per heavy atom. The number of benzene rings is 2. The maximum Gasteiger partial charge on any atom is 0.258 e. The summed E-state index contributed by atoms with van der Waals surface area (Å²) in [5.41, 5.74) is 0.952. The molecule has 1 aliphatic rings. The maximum atomic E-state index is 12.6. The van der Waals surface area contributed by atoms with Crippen LogP contribution in [0.1, 0.15) is 10.4 Å². The van der Waals surface area contributed by atoms with Crippen molar-refractivity contribution in [3.8, 4) is 11.5 Å². The maximum absolute atomic E-state index is 12.6. The molecule has 0 atom stereocenters. The largest absolute Gasteiger partial charge is 0.486 e. The van der Waals surface area contributed by atoms with Gasteiger partial charge in [-0.15, -0.1) is 0 Å². The predicted octanol–water partition coefficient (Wildman–Crippen LogP) is 2.56. The smallest absolute Gasteiger partial charge is 0.258 e. The van der Waals surface area contributed by atoms with Gasteiger partial charge in [-0.2, -0.15) is 0 Å². The Hall–Kier alpha value is -3.28. The zero-order valence-corrected chi connectivity index (χ0v) is 13.6. The van der Waals surface area contributed by atoms with Gasteiger partial charge in [0.2, 0.25) is 0 Å². The van der Waals surface area contributed by atoms with Crippen molar-refractivity contribution in [3.05, 3.63) is 64.6 Å². The zero-order chi connectivity index (χ0) is 17.4. The Kier molecular flexibility index (Phi) is 3.65. The molecular weight excluding hydrogens is 320 g/mol. The van der Waals surface area contributed by atoms with Crippen molar-refractivity contribution in [1.82, 2.24) is 4.57 Å². The molecule has 1 aromatic heterocycles. The van der Waals surface area contributed by atoms with Crippen LogP contribution in [0.25, 0.3) is 10.8 Å². The van der Waals surface area contributed by atoms with Crippen LogP contribution in [0.4, 0.5) is 5.69 Å². The molecule has 0 saturated heterocycles. The number of fused-ring (bicyclic) bond motifs is 2. The number of nitrogens with one attached hydrogen (secondary N) is 1. The number of carbonyl (C=O) groups excluding carboxylic acids is 1. The van der Waals surface area contributed by atoms with E-state index in [9.17, 15) is 9.59 Å². The van der Waals surface area contributed by atoms with E-state index < -0.39 is 0 Å². The Morgan fingerprint density at radius 2 is 1.84 bits per heavy atom. The summed E-state index contributed by atoms with van der Waals surface area (Å²) in [4.78, 5) is 24.8. The van der Waals surface area contributed by atoms with Gasteiger partial charge >= 0.3 is 0 Å². The van der Waals surface area contributed by atoms with Crippen LogP contribution in [0, 0.1) is 0 Å².